The van der Waals surface area contributed by atoms with E-state index in [2.05, 4.69) is 20.2 Å². The van der Waals surface area contributed by atoms with Gasteiger partial charge in [0.25, 0.3) is 0 Å². The lowest BCUT2D eigenvalue weighted by Crippen LogP contribution is -2.14. The van der Waals surface area contributed by atoms with E-state index < -0.39 is 0 Å². The van der Waals surface area contributed by atoms with Gasteiger partial charge >= 0.3 is 0 Å². The van der Waals surface area contributed by atoms with Gasteiger partial charge in [0.1, 0.15) is 10.9 Å². The molecule has 20 heavy (non-hydrogen) atoms. The first-order valence-corrected chi connectivity index (χ1v) is 7.74. The third kappa shape index (κ3) is 2.37. The Morgan fingerprint density at radius 3 is 2.75 bits per heavy atom. The lowest BCUT2D eigenvalue weighted by Gasteiger charge is -2.17. The highest BCUT2D eigenvalue weighted by atomic mass is 32.2. The molecule has 3 rings (SSSR count). The van der Waals surface area contributed by atoms with Crippen molar-refractivity contribution in [3.8, 4) is 0 Å². The fourth-order valence-electron chi connectivity index (χ4n) is 2.47. The molecule has 2 aromatic heterocycles. The van der Waals surface area contributed by atoms with Gasteiger partial charge in [0, 0.05) is 17.7 Å². The molecule has 0 spiro atoms. The summed E-state index contributed by atoms with van der Waals surface area (Å²) in [7, 11) is 0. The molecular formula is C13H18N6S. The maximum absolute atomic E-state index is 6.00. The minimum atomic E-state index is 0.688. The average molecular weight is 290 g/mol. The van der Waals surface area contributed by atoms with E-state index in [1.165, 1.54) is 35.9 Å². The molecule has 0 radical (unpaired) electrons. The molecule has 106 valence electrons. The Morgan fingerprint density at radius 1 is 1.20 bits per heavy atom. The number of hydrogen-bond donors (Lipinski definition) is 1. The summed E-state index contributed by atoms with van der Waals surface area (Å²) in [5.74, 6) is 7.60. The van der Waals surface area contributed by atoms with Crippen LogP contribution in [-0.4, -0.2) is 24.8 Å². The summed E-state index contributed by atoms with van der Waals surface area (Å²) in [5.41, 5.74) is 2.44. The standard InChI is InChI=1S/C13H18N6S/c1-3-11-17-18-13(19(11)14)20-12-9-6-4-5-7-10(9)15-8(2)16-12/h3-7,14H2,1-2H3. The van der Waals surface area contributed by atoms with Crippen LogP contribution < -0.4 is 5.84 Å². The van der Waals surface area contributed by atoms with Crippen LogP contribution >= 0.6 is 11.8 Å². The van der Waals surface area contributed by atoms with E-state index in [0.29, 0.717) is 5.16 Å². The van der Waals surface area contributed by atoms with Gasteiger partial charge in [-0.1, -0.05) is 6.92 Å². The summed E-state index contributed by atoms with van der Waals surface area (Å²) in [6, 6.07) is 0. The van der Waals surface area contributed by atoms with Gasteiger partial charge in [-0.3, -0.25) is 0 Å². The van der Waals surface area contributed by atoms with Crippen LogP contribution in [0.4, 0.5) is 0 Å². The second kappa shape index (κ2) is 5.40. The van der Waals surface area contributed by atoms with Gasteiger partial charge < -0.3 is 5.84 Å². The van der Waals surface area contributed by atoms with Crippen LogP contribution in [0.5, 0.6) is 0 Å². The summed E-state index contributed by atoms with van der Waals surface area (Å²) in [5, 5.41) is 9.91. The Morgan fingerprint density at radius 2 is 2.00 bits per heavy atom. The highest BCUT2D eigenvalue weighted by Gasteiger charge is 2.19. The summed E-state index contributed by atoms with van der Waals surface area (Å²) in [6.07, 6.45) is 5.26. The van der Waals surface area contributed by atoms with Crippen LogP contribution in [0.3, 0.4) is 0 Å². The molecule has 1 aliphatic carbocycles. The zero-order chi connectivity index (χ0) is 14.1. The summed E-state index contributed by atoms with van der Waals surface area (Å²) >= 11 is 1.49. The summed E-state index contributed by atoms with van der Waals surface area (Å²) < 4.78 is 1.55. The van der Waals surface area contributed by atoms with E-state index in [1.807, 2.05) is 13.8 Å². The first-order chi connectivity index (χ1) is 9.69. The first-order valence-electron chi connectivity index (χ1n) is 6.92. The molecule has 7 heteroatoms. The molecule has 6 nitrogen and oxygen atoms in total. The van der Waals surface area contributed by atoms with Crippen LogP contribution in [0.2, 0.25) is 0 Å². The number of rotatable bonds is 3. The van der Waals surface area contributed by atoms with Crippen molar-refractivity contribution in [1.82, 2.24) is 24.8 Å². The van der Waals surface area contributed by atoms with Crippen molar-refractivity contribution >= 4 is 11.8 Å². The molecule has 0 amide bonds. The van der Waals surface area contributed by atoms with Crippen LogP contribution in [0.1, 0.15) is 42.7 Å². The summed E-state index contributed by atoms with van der Waals surface area (Å²) in [4.78, 5) is 9.13. The molecule has 2 heterocycles. The lowest BCUT2D eigenvalue weighted by molar-refractivity contribution is 0.639. The van der Waals surface area contributed by atoms with Crippen LogP contribution in [0.25, 0.3) is 0 Å². The Labute approximate surface area is 122 Å². The smallest absolute Gasteiger partial charge is 0.216 e. The number of nitrogen functional groups attached to an aromatic ring is 1. The van der Waals surface area contributed by atoms with Gasteiger partial charge in [-0.05, 0) is 44.4 Å². The molecule has 0 aromatic carbocycles. The van der Waals surface area contributed by atoms with E-state index in [4.69, 9.17) is 5.84 Å². The molecule has 1 aliphatic rings. The quantitative estimate of drug-likeness (QED) is 0.684. The van der Waals surface area contributed by atoms with Crippen LogP contribution in [0, 0.1) is 6.92 Å². The van der Waals surface area contributed by atoms with E-state index >= 15 is 0 Å². The van der Waals surface area contributed by atoms with Crippen LogP contribution in [0.15, 0.2) is 10.2 Å². The number of fused-ring (bicyclic) bond motifs is 1. The molecule has 0 aliphatic heterocycles. The molecular weight excluding hydrogens is 272 g/mol. The maximum atomic E-state index is 6.00. The minimum Gasteiger partial charge on any atom is -0.336 e. The topological polar surface area (TPSA) is 82.5 Å². The molecule has 2 N–H and O–H groups in total. The zero-order valence-corrected chi connectivity index (χ0v) is 12.6. The number of nitrogens with two attached hydrogens (primary N) is 1. The van der Waals surface area contributed by atoms with Crippen molar-refractivity contribution in [3.63, 3.8) is 0 Å². The second-order valence-corrected chi connectivity index (χ2v) is 5.89. The monoisotopic (exact) mass is 290 g/mol. The zero-order valence-electron chi connectivity index (χ0n) is 11.8. The number of aromatic nitrogens is 5. The number of hydrogen-bond acceptors (Lipinski definition) is 6. The molecule has 0 saturated carbocycles. The predicted octanol–water partition coefficient (Wildman–Crippen LogP) is 1.68. The van der Waals surface area contributed by atoms with Gasteiger partial charge in [-0.25, -0.2) is 14.6 Å². The van der Waals surface area contributed by atoms with Gasteiger partial charge in [0.15, 0.2) is 5.82 Å². The van der Waals surface area contributed by atoms with E-state index in [0.717, 1.165) is 35.9 Å². The average Bonchev–Trinajstić information content (AvgIpc) is 2.79. The van der Waals surface area contributed by atoms with Crippen molar-refractivity contribution in [3.05, 3.63) is 22.9 Å². The van der Waals surface area contributed by atoms with Crippen molar-refractivity contribution < 1.29 is 0 Å². The first kappa shape index (κ1) is 13.4. The van der Waals surface area contributed by atoms with E-state index in [-0.39, 0.29) is 0 Å². The van der Waals surface area contributed by atoms with Crippen molar-refractivity contribution in [1.29, 1.82) is 0 Å². The van der Waals surface area contributed by atoms with Gasteiger partial charge in [0.05, 0.1) is 0 Å². The molecule has 0 saturated heterocycles. The number of nitrogens with zero attached hydrogens (tertiary/aromatic N) is 5. The highest BCUT2D eigenvalue weighted by Crippen LogP contribution is 2.32. The third-order valence-corrected chi connectivity index (χ3v) is 4.49. The molecule has 0 atom stereocenters. The maximum Gasteiger partial charge on any atom is 0.216 e. The Balaban J connectivity index is 1.97. The predicted molar refractivity (Wildman–Crippen MR) is 77.1 cm³/mol. The molecule has 0 unspecified atom stereocenters. The molecule has 2 aromatic rings. The fraction of sp³-hybridized carbons (Fsp3) is 0.538. The van der Waals surface area contributed by atoms with Crippen molar-refractivity contribution in [2.24, 2.45) is 0 Å². The van der Waals surface area contributed by atoms with Gasteiger partial charge in [-0.2, -0.15) is 0 Å². The SMILES string of the molecule is CCc1nnc(Sc2nc(C)nc3c2CCCC3)n1N. The molecule has 0 bridgehead atoms. The summed E-state index contributed by atoms with van der Waals surface area (Å²) in [6.45, 7) is 3.95. The third-order valence-electron chi connectivity index (χ3n) is 3.50. The fourth-order valence-corrected chi connectivity index (χ4v) is 3.45. The highest BCUT2D eigenvalue weighted by molar-refractivity contribution is 7.99. The minimum absolute atomic E-state index is 0.688. The molecule has 0 fully saturated rings. The normalized spacial score (nSPS) is 14.3. The van der Waals surface area contributed by atoms with Gasteiger partial charge in [-0.15, -0.1) is 10.2 Å². The lowest BCUT2D eigenvalue weighted by atomic mass is 9.97. The van der Waals surface area contributed by atoms with Gasteiger partial charge in [0.2, 0.25) is 5.16 Å². The number of aryl methyl sites for hydroxylation is 3. The second-order valence-electron chi connectivity index (χ2n) is 4.93. The van der Waals surface area contributed by atoms with Crippen molar-refractivity contribution in [2.75, 3.05) is 5.84 Å². The Bertz CT molecular complexity index is 636. The van der Waals surface area contributed by atoms with Crippen molar-refractivity contribution in [2.45, 2.75) is 56.1 Å². The Kier molecular flexibility index (Phi) is 3.60. The van der Waals surface area contributed by atoms with E-state index in [9.17, 15) is 0 Å². The van der Waals surface area contributed by atoms with Crippen LogP contribution in [-0.2, 0) is 19.3 Å². The van der Waals surface area contributed by atoms with E-state index in [1.54, 1.807) is 4.68 Å². The largest absolute Gasteiger partial charge is 0.336 e. The Hall–Kier alpha value is -1.63.